The number of thiazole rings is 1. The molecule has 0 bridgehead atoms. The van der Waals surface area contributed by atoms with Gasteiger partial charge < -0.3 is 5.32 Å². The monoisotopic (exact) mass is 356 g/mol. The second kappa shape index (κ2) is 6.02. The summed E-state index contributed by atoms with van der Waals surface area (Å²) < 4.78 is 26.0. The number of carbonyl (C=O) groups is 1. The Bertz CT molecular complexity index is 894. The number of hydrogen-bond acceptors (Lipinski definition) is 6. The fourth-order valence-corrected chi connectivity index (χ4v) is 4.21. The quantitative estimate of drug-likeness (QED) is 0.828. The van der Waals surface area contributed by atoms with Crippen molar-refractivity contribution < 1.29 is 13.2 Å². The van der Waals surface area contributed by atoms with Crippen molar-refractivity contribution in [2.45, 2.75) is 18.9 Å². The topological polar surface area (TPSA) is 101 Å². The van der Waals surface area contributed by atoms with Crippen LogP contribution in [0.3, 0.4) is 0 Å². The predicted molar refractivity (Wildman–Crippen MR) is 86.2 cm³/mol. The molecule has 124 valence electrons. The predicted octanol–water partition coefficient (Wildman–Crippen LogP) is -0.0902. The van der Waals surface area contributed by atoms with E-state index in [-0.39, 0.29) is 17.6 Å². The first-order valence-electron chi connectivity index (χ1n) is 7.07. The van der Waals surface area contributed by atoms with E-state index in [9.17, 15) is 18.0 Å². The molecule has 2 aromatic heterocycles. The molecule has 0 aromatic carbocycles. The van der Waals surface area contributed by atoms with Gasteiger partial charge in [0.15, 0.2) is 4.96 Å². The van der Waals surface area contributed by atoms with Crippen LogP contribution in [0.2, 0.25) is 0 Å². The summed E-state index contributed by atoms with van der Waals surface area (Å²) in [6, 6.07) is 1.10. The summed E-state index contributed by atoms with van der Waals surface area (Å²) in [5, 5.41) is 4.63. The summed E-state index contributed by atoms with van der Waals surface area (Å²) in [7, 11) is -3.19. The average molecular weight is 356 g/mol. The number of aromatic nitrogens is 2. The first-order valence-corrected chi connectivity index (χ1v) is 9.80. The Morgan fingerprint density at radius 1 is 1.39 bits per heavy atom. The van der Waals surface area contributed by atoms with E-state index in [4.69, 9.17) is 0 Å². The Morgan fingerprint density at radius 2 is 2.09 bits per heavy atom. The molecule has 1 aliphatic heterocycles. The highest BCUT2D eigenvalue weighted by atomic mass is 32.2. The van der Waals surface area contributed by atoms with E-state index < -0.39 is 15.6 Å². The molecule has 3 heterocycles. The van der Waals surface area contributed by atoms with Crippen molar-refractivity contribution in [1.29, 1.82) is 0 Å². The lowest BCUT2D eigenvalue weighted by Gasteiger charge is -2.30. The van der Waals surface area contributed by atoms with Crippen LogP contribution in [-0.2, 0) is 10.0 Å². The van der Waals surface area contributed by atoms with E-state index in [1.54, 1.807) is 16.0 Å². The van der Waals surface area contributed by atoms with Gasteiger partial charge in [-0.05, 0) is 12.8 Å². The molecule has 0 aliphatic carbocycles. The van der Waals surface area contributed by atoms with Gasteiger partial charge in [-0.3, -0.25) is 14.0 Å². The van der Waals surface area contributed by atoms with Crippen LogP contribution in [0, 0.1) is 0 Å². The third-order valence-corrected chi connectivity index (χ3v) is 5.87. The maximum Gasteiger partial charge on any atom is 0.274 e. The molecule has 1 saturated heterocycles. The van der Waals surface area contributed by atoms with Gasteiger partial charge in [-0.2, -0.15) is 4.98 Å². The third kappa shape index (κ3) is 3.43. The van der Waals surface area contributed by atoms with Crippen LogP contribution >= 0.6 is 11.3 Å². The van der Waals surface area contributed by atoms with Crippen molar-refractivity contribution in [3.8, 4) is 0 Å². The molecule has 1 fully saturated rings. The zero-order valence-electron chi connectivity index (χ0n) is 12.4. The molecule has 8 nitrogen and oxygen atoms in total. The molecule has 1 amide bonds. The van der Waals surface area contributed by atoms with Crippen molar-refractivity contribution in [2.75, 3.05) is 19.3 Å². The Balaban J connectivity index is 1.73. The highest BCUT2D eigenvalue weighted by Gasteiger charge is 2.26. The molecule has 23 heavy (non-hydrogen) atoms. The highest BCUT2D eigenvalue weighted by molar-refractivity contribution is 7.88. The minimum Gasteiger partial charge on any atom is -0.348 e. The highest BCUT2D eigenvalue weighted by Crippen LogP contribution is 2.14. The van der Waals surface area contributed by atoms with Gasteiger partial charge in [0.2, 0.25) is 10.0 Å². The van der Waals surface area contributed by atoms with Crippen LogP contribution in [0.5, 0.6) is 0 Å². The number of fused-ring (bicyclic) bond motifs is 1. The fraction of sp³-hybridized carbons (Fsp3) is 0.462. The van der Waals surface area contributed by atoms with Gasteiger partial charge in [-0.15, -0.1) is 11.3 Å². The first kappa shape index (κ1) is 16.1. The molecule has 3 rings (SSSR count). The van der Waals surface area contributed by atoms with Crippen molar-refractivity contribution in [1.82, 2.24) is 19.0 Å². The summed E-state index contributed by atoms with van der Waals surface area (Å²) in [6.45, 7) is 0.766. The summed E-state index contributed by atoms with van der Waals surface area (Å²) in [5.41, 5.74) is -0.212. The number of nitrogens with zero attached hydrogens (tertiary/aromatic N) is 3. The Hall–Kier alpha value is -1.78. The van der Waals surface area contributed by atoms with Crippen LogP contribution in [0.15, 0.2) is 22.4 Å². The minimum atomic E-state index is -3.19. The first-order chi connectivity index (χ1) is 10.8. The number of hydrogen-bond donors (Lipinski definition) is 1. The summed E-state index contributed by atoms with van der Waals surface area (Å²) in [5.74, 6) is -0.351. The molecule has 1 aliphatic rings. The molecule has 0 unspecified atom stereocenters. The zero-order chi connectivity index (χ0) is 16.6. The number of sulfonamides is 1. The largest absolute Gasteiger partial charge is 0.348 e. The minimum absolute atomic E-state index is 0.113. The standard InChI is InChI=1S/C13H16N4O4S2/c1-23(20,21)16-4-2-9(3-5-16)14-12(19)10-8-11(18)15-13-17(10)6-7-22-13/h6-9H,2-5H2,1H3,(H,14,19). The maximum atomic E-state index is 12.4. The van der Waals surface area contributed by atoms with Crippen LogP contribution in [0.1, 0.15) is 23.3 Å². The molecule has 0 saturated carbocycles. The van der Waals surface area contributed by atoms with Crippen LogP contribution in [0.25, 0.3) is 4.96 Å². The second-order valence-corrected chi connectivity index (χ2v) is 8.30. The summed E-state index contributed by atoms with van der Waals surface area (Å²) in [6.07, 6.45) is 3.97. The van der Waals surface area contributed by atoms with Crippen LogP contribution in [0.4, 0.5) is 0 Å². The van der Waals surface area contributed by atoms with Crippen LogP contribution < -0.4 is 10.9 Å². The molecule has 0 radical (unpaired) electrons. The molecule has 10 heteroatoms. The summed E-state index contributed by atoms with van der Waals surface area (Å²) >= 11 is 1.28. The molecule has 1 N–H and O–H groups in total. The van der Waals surface area contributed by atoms with Gasteiger partial charge >= 0.3 is 0 Å². The number of rotatable bonds is 3. The van der Waals surface area contributed by atoms with Crippen molar-refractivity contribution in [3.63, 3.8) is 0 Å². The third-order valence-electron chi connectivity index (χ3n) is 3.81. The average Bonchev–Trinajstić information content (AvgIpc) is 2.94. The van der Waals surface area contributed by atoms with Gasteiger partial charge in [0, 0.05) is 36.8 Å². The van der Waals surface area contributed by atoms with Crippen molar-refractivity contribution >= 4 is 32.2 Å². The Morgan fingerprint density at radius 3 is 2.74 bits per heavy atom. The number of amides is 1. The normalized spacial score (nSPS) is 17.4. The maximum absolute atomic E-state index is 12.4. The number of piperidine rings is 1. The molecular weight excluding hydrogens is 340 g/mol. The van der Waals surface area contributed by atoms with Crippen molar-refractivity contribution in [2.24, 2.45) is 0 Å². The van der Waals surface area contributed by atoms with E-state index in [2.05, 4.69) is 10.3 Å². The van der Waals surface area contributed by atoms with Crippen LogP contribution in [-0.4, -0.2) is 53.4 Å². The van der Waals surface area contributed by atoms with E-state index in [1.807, 2.05) is 0 Å². The smallest absolute Gasteiger partial charge is 0.274 e. The fourth-order valence-electron chi connectivity index (χ4n) is 2.62. The Labute approximate surface area is 136 Å². The zero-order valence-corrected chi connectivity index (χ0v) is 14.1. The molecule has 0 spiro atoms. The van der Waals surface area contributed by atoms with Gasteiger partial charge in [-0.25, -0.2) is 12.7 Å². The second-order valence-electron chi connectivity index (χ2n) is 5.44. The molecule has 2 aromatic rings. The van der Waals surface area contributed by atoms with E-state index >= 15 is 0 Å². The van der Waals surface area contributed by atoms with E-state index in [0.29, 0.717) is 30.9 Å². The Kier molecular flexibility index (Phi) is 4.21. The van der Waals surface area contributed by atoms with Gasteiger partial charge in [-0.1, -0.05) is 0 Å². The van der Waals surface area contributed by atoms with Gasteiger partial charge in [0.1, 0.15) is 5.69 Å². The summed E-state index contributed by atoms with van der Waals surface area (Å²) in [4.78, 5) is 28.3. The lowest BCUT2D eigenvalue weighted by atomic mass is 10.1. The van der Waals surface area contributed by atoms with E-state index in [0.717, 1.165) is 0 Å². The van der Waals surface area contributed by atoms with Crippen molar-refractivity contribution in [3.05, 3.63) is 33.7 Å². The van der Waals surface area contributed by atoms with E-state index in [1.165, 1.54) is 28.0 Å². The number of nitrogens with one attached hydrogen (secondary N) is 1. The number of carbonyl (C=O) groups excluding carboxylic acids is 1. The lowest BCUT2D eigenvalue weighted by Crippen LogP contribution is -2.46. The van der Waals surface area contributed by atoms with Gasteiger partial charge in [0.05, 0.1) is 6.26 Å². The van der Waals surface area contributed by atoms with Gasteiger partial charge in [0.25, 0.3) is 11.5 Å². The molecular formula is C13H16N4O4S2. The SMILES string of the molecule is CS(=O)(=O)N1CCC(NC(=O)c2cc(=O)nc3sccn23)CC1. The molecule has 0 atom stereocenters. The lowest BCUT2D eigenvalue weighted by molar-refractivity contribution is 0.0917.